The van der Waals surface area contributed by atoms with E-state index in [2.05, 4.69) is 11.8 Å². The van der Waals surface area contributed by atoms with Crippen molar-refractivity contribution in [2.75, 3.05) is 0 Å². The second-order valence-corrected chi connectivity index (χ2v) is 16.7. The van der Waals surface area contributed by atoms with E-state index in [0.29, 0.717) is 37.5 Å². The standard InChI is InChI=1S/C17H27F3.C16H25F3O4/c1-4-15(2,17(18,19)20)10-16(3)13-6-11-5-12(8-13)9-14(16)7-11;1-3-13(2,16(17,18)19)12(23-22)15-6-9-4-10(11(15)20)7-14(21,5-9)8-15/h11-14H,4-10H2,1-3H3;9-12,20-22H,3-8H2,1-2H3. The van der Waals surface area contributed by atoms with Crippen LogP contribution in [0.4, 0.5) is 26.3 Å². The highest BCUT2D eigenvalue weighted by Gasteiger charge is 2.71. The molecule has 0 aromatic carbocycles. The average molecular weight is 627 g/mol. The number of halogens is 6. The Morgan fingerprint density at radius 2 is 1.35 bits per heavy atom. The summed E-state index contributed by atoms with van der Waals surface area (Å²) >= 11 is 0. The maximum absolute atomic E-state index is 13.7. The van der Waals surface area contributed by atoms with Crippen LogP contribution in [0.1, 0.15) is 118 Å². The van der Waals surface area contributed by atoms with Gasteiger partial charge in [-0.1, -0.05) is 27.7 Å². The fraction of sp³-hybridized carbons (Fsp3) is 1.00. The van der Waals surface area contributed by atoms with Crippen molar-refractivity contribution >= 4 is 0 Å². The molecule has 10 heteroatoms. The number of alkyl halides is 6. The fourth-order valence-corrected chi connectivity index (χ4v) is 11.7. The highest BCUT2D eigenvalue weighted by atomic mass is 19.4. The van der Waals surface area contributed by atoms with Crippen LogP contribution in [0.15, 0.2) is 0 Å². The van der Waals surface area contributed by atoms with Crippen molar-refractivity contribution in [2.45, 2.75) is 148 Å². The van der Waals surface area contributed by atoms with Crippen molar-refractivity contribution in [1.82, 2.24) is 0 Å². The van der Waals surface area contributed by atoms with Gasteiger partial charge < -0.3 is 10.2 Å². The van der Waals surface area contributed by atoms with Gasteiger partial charge in [0.25, 0.3) is 0 Å². The molecule has 0 spiro atoms. The molecule has 250 valence electrons. The molecule has 8 saturated carbocycles. The molecule has 8 bridgehead atoms. The van der Waals surface area contributed by atoms with Crippen LogP contribution in [0, 0.1) is 57.2 Å². The maximum atomic E-state index is 13.7. The van der Waals surface area contributed by atoms with Gasteiger partial charge in [0.15, 0.2) is 0 Å². The number of hydrogen-bond acceptors (Lipinski definition) is 4. The molecule has 8 fully saturated rings. The average Bonchev–Trinajstić information content (AvgIpc) is 2.88. The predicted molar refractivity (Wildman–Crippen MR) is 150 cm³/mol. The normalized spacial score (nSPS) is 46.6. The van der Waals surface area contributed by atoms with Gasteiger partial charge in [-0.3, -0.25) is 5.26 Å². The molecule has 0 heterocycles. The molecule has 0 saturated heterocycles. The lowest BCUT2D eigenvalue weighted by atomic mass is 9.43. The number of aliphatic hydroxyl groups excluding tert-OH is 1. The van der Waals surface area contributed by atoms with Crippen LogP contribution in [0.3, 0.4) is 0 Å². The quantitative estimate of drug-likeness (QED) is 0.150. The first-order valence-corrected chi connectivity index (χ1v) is 16.5. The van der Waals surface area contributed by atoms with Gasteiger partial charge in [0.1, 0.15) is 6.10 Å². The molecule has 8 unspecified atom stereocenters. The lowest BCUT2D eigenvalue weighted by Crippen LogP contribution is -2.70. The van der Waals surface area contributed by atoms with E-state index in [-0.39, 0.29) is 36.5 Å². The Bertz CT molecular complexity index is 1000. The number of aliphatic hydroxyl groups is 2. The third kappa shape index (κ3) is 5.28. The van der Waals surface area contributed by atoms with Gasteiger partial charge in [0.05, 0.1) is 22.5 Å². The zero-order valence-electron chi connectivity index (χ0n) is 26.3. The van der Waals surface area contributed by atoms with Gasteiger partial charge in [-0.2, -0.15) is 26.3 Å². The van der Waals surface area contributed by atoms with E-state index in [9.17, 15) is 41.8 Å². The molecule has 0 aromatic rings. The Morgan fingerprint density at radius 3 is 1.77 bits per heavy atom. The van der Waals surface area contributed by atoms with Crippen LogP contribution in [0.5, 0.6) is 0 Å². The summed E-state index contributed by atoms with van der Waals surface area (Å²) in [6.07, 6.45) is -2.73. The van der Waals surface area contributed by atoms with Crippen LogP contribution in [0.25, 0.3) is 0 Å². The van der Waals surface area contributed by atoms with Crippen molar-refractivity contribution in [2.24, 2.45) is 57.2 Å². The Balaban J connectivity index is 0.000000173. The van der Waals surface area contributed by atoms with Crippen molar-refractivity contribution in [1.29, 1.82) is 0 Å². The molecule has 8 aliphatic carbocycles. The molecule has 8 rings (SSSR count). The van der Waals surface area contributed by atoms with E-state index in [1.807, 2.05) is 0 Å². The van der Waals surface area contributed by atoms with E-state index in [1.165, 1.54) is 46.0 Å². The first kappa shape index (κ1) is 33.8. The Kier molecular flexibility index (Phi) is 8.43. The van der Waals surface area contributed by atoms with E-state index in [0.717, 1.165) is 25.2 Å². The maximum Gasteiger partial charge on any atom is 0.396 e. The van der Waals surface area contributed by atoms with Crippen LogP contribution in [-0.2, 0) is 4.89 Å². The minimum atomic E-state index is -4.58. The Morgan fingerprint density at radius 1 is 0.791 bits per heavy atom. The summed E-state index contributed by atoms with van der Waals surface area (Å²) in [5, 5.41) is 30.9. The summed E-state index contributed by atoms with van der Waals surface area (Å²) in [4.78, 5) is 4.44. The van der Waals surface area contributed by atoms with Crippen LogP contribution in [-0.4, -0.2) is 45.6 Å². The smallest absolute Gasteiger partial charge is 0.392 e. The van der Waals surface area contributed by atoms with Crippen LogP contribution >= 0.6 is 0 Å². The molecule has 0 amide bonds. The van der Waals surface area contributed by atoms with Gasteiger partial charge in [-0.25, -0.2) is 4.89 Å². The SMILES string of the molecule is CCC(C)(C(OO)C12CC3CC(CC(O)(C3)C1)C2O)C(F)(F)F.CCC(C)(CC1(C)C2CC3CC(C2)CC1C3)C(F)(F)F. The summed E-state index contributed by atoms with van der Waals surface area (Å²) in [6, 6.07) is 0. The van der Waals surface area contributed by atoms with Crippen LogP contribution in [0.2, 0.25) is 0 Å². The third-order valence-electron chi connectivity index (χ3n) is 14.1. The highest BCUT2D eigenvalue weighted by Crippen LogP contribution is 2.68. The number of hydrogen-bond donors (Lipinski definition) is 3. The second kappa shape index (κ2) is 10.7. The molecule has 8 atom stereocenters. The minimum Gasteiger partial charge on any atom is -0.392 e. The minimum absolute atomic E-state index is 0.0467. The first-order valence-electron chi connectivity index (χ1n) is 16.5. The van der Waals surface area contributed by atoms with E-state index in [4.69, 9.17) is 0 Å². The predicted octanol–water partition coefficient (Wildman–Crippen LogP) is 8.94. The Labute approximate surface area is 252 Å². The molecule has 3 N–H and O–H groups in total. The fourth-order valence-electron chi connectivity index (χ4n) is 11.7. The molecule has 8 aliphatic rings. The van der Waals surface area contributed by atoms with E-state index >= 15 is 0 Å². The third-order valence-corrected chi connectivity index (χ3v) is 14.1. The summed E-state index contributed by atoms with van der Waals surface area (Å²) < 4.78 is 81.6. The Hall–Kier alpha value is -0.580. The van der Waals surface area contributed by atoms with Crippen molar-refractivity contribution in [3.8, 4) is 0 Å². The molecular weight excluding hydrogens is 574 g/mol. The molecule has 0 radical (unpaired) electrons. The lowest BCUT2D eigenvalue weighted by molar-refractivity contribution is -0.398. The topological polar surface area (TPSA) is 69.9 Å². The second-order valence-electron chi connectivity index (χ2n) is 16.7. The molecular formula is C33H52F6O4. The number of rotatable bonds is 7. The summed E-state index contributed by atoms with van der Waals surface area (Å²) in [6.45, 7) is 7.76. The lowest BCUT2D eigenvalue weighted by Gasteiger charge is -2.65. The van der Waals surface area contributed by atoms with Gasteiger partial charge in [-0.05, 0) is 131 Å². The molecule has 4 nitrogen and oxygen atoms in total. The zero-order chi connectivity index (χ0) is 32.0. The summed E-state index contributed by atoms with van der Waals surface area (Å²) in [5.41, 5.74) is -6.18. The molecule has 0 aromatic heterocycles. The van der Waals surface area contributed by atoms with Gasteiger partial charge in [-0.15, -0.1) is 0 Å². The first-order chi connectivity index (χ1) is 19.7. The van der Waals surface area contributed by atoms with Crippen molar-refractivity contribution in [3.63, 3.8) is 0 Å². The summed E-state index contributed by atoms with van der Waals surface area (Å²) in [7, 11) is 0. The monoisotopic (exact) mass is 626 g/mol. The van der Waals surface area contributed by atoms with Crippen LogP contribution < -0.4 is 0 Å². The highest BCUT2D eigenvalue weighted by molar-refractivity contribution is 5.17. The van der Waals surface area contributed by atoms with E-state index in [1.54, 1.807) is 6.92 Å². The molecule has 43 heavy (non-hydrogen) atoms. The zero-order valence-corrected chi connectivity index (χ0v) is 26.3. The van der Waals surface area contributed by atoms with Gasteiger partial charge in [0.2, 0.25) is 0 Å². The van der Waals surface area contributed by atoms with Crippen molar-refractivity contribution < 1.29 is 46.7 Å². The van der Waals surface area contributed by atoms with Gasteiger partial charge >= 0.3 is 12.4 Å². The molecule has 0 aliphatic heterocycles. The van der Waals surface area contributed by atoms with E-state index < -0.39 is 46.4 Å². The largest absolute Gasteiger partial charge is 0.396 e. The summed E-state index contributed by atoms with van der Waals surface area (Å²) in [5.74, 6) is 2.59. The van der Waals surface area contributed by atoms with Gasteiger partial charge in [0, 0.05) is 5.41 Å². The van der Waals surface area contributed by atoms with Crippen molar-refractivity contribution in [3.05, 3.63) is 0 Å².